The minimum absolute atomic E-state index is 0. The Morgan fingerprint density at radius 3 is 2.58 bits per heavy atom. The highest BCUT2D eigenvalue weighted by atomic mass is 127. The van der Waals surface area contributed by atoms with Crippen LogP contribution >= 0.6 is 24.0 Å². The fraction of sp³-hybridized carbons (Fsp3) is 0.650. The molecule has 1 unspecified atom stereocenters. The standard InChI is InChI=1S/C20H34N4O.HI/c1-16(2)10-11-22-20(21-3)23-15-19(24-12-5-6-13-24)17-8-7-9-18(14-17)25-4;/h7-9,14,16,19H,5-6,10-13,15H2,1-4H3,(H2,21,22,23);1H. The van der Waals surface area contributed by atoms with Crippen molar-refractivity contribution in [3.63, 3.8) is 0 Å². The highest BCUT2D eigenvalue weighted by Gasteiger charge is 2.24. The maximum Gasteiger partial charge on any atom is 0.191 e. The molecule has 5 nitrogen and oxygen atoms in total. The second-order valence-corrected chi connectivity index (χ2v) is 7.10. The van der Waals surface area contributed by atoms with Gasteiger partial charge in [0.25, 0.3) is 0 Å². The summed E-state index contributed by atoms with van der Waals surface area (Å²) in [6.45, 7) is 8.58. The summed E-state index contributed by atoms with van der Waals surface area (Å²) < 4.78 is 5.41. The van der Waals surface area contributed by atoms with Crippen molar-refractivity contribution in [2.45, 2.75) is 39.2 Å². The van der Waals surface area contributed by atoms with Gasteiger partial charge in [0.1, 0.15) is 5.75 Å². The number of hydrogen-bond donors (Lipinski definition) is 2. The molecule has 2 rings (SSSR count). The van der Waals surface area contributed by atoms with E-state index < -0.39 is 0 Å². The summed E-state index contributed by atoms with van der Waals surface area (Å²) in [6, 6.07) is 8.76. The molecule has 1 aliphatic heterocycles. The van der Waals surface area contributed by atoms with Crippen LogP contribution in [0.2, 0.25) is 0 Å². The van der Waals surface area contributed by atoms with Crippen LogP contribution in [0, 0.1) is 5.92 Å². The molecule has 0 spiro atoms. The highest BCUT2D eigenvalue weighted by Crippen LogP contribution is 2.27. The van der Waals surface area contributed by atoms with Crippen molar-refractivity contribution in [2.24, 2.45) is 10.9 Å². The first kappa shape index (κ1) is 23.0. The summed E-state index contributed by atoms with van der Waals surface area (Å²) in [6.07, 6.45) is 3.70. The third-order valence-electron chi connectivity index (χ3n) is 4.76. The number of nitrogens with one attached hydrogen (secondary N) is 2. The summed E-state index contributed by atoms with van der Waals surface area (Å²) in [5.74, 6) is 2.49. The fourth-order valence-electron chi connectivity index (χ4n) is 3.25. The lowest BCUT2D eigenvalue weighted by atomic mass is 10.1. The molecule has 1 aromatic rings. The monoisotopic (exact) mass is 474 g/mol. The van der Waals surface area contributed by atoms with Crippen LogP contribution in [-0.4, -0.2) is 51.2 Å². The molecule has 6 heteroatoms. The molecule has 0 saturated carbocycles. The number of guanidine groups is 1. The van der Waals surface area contributed by atoms with Crippen molar-refractivity contribution in [3.8, 4) is 5.75 Å². The number of methoxy groups -OCH3 is 1. The molecule has 1 aromatic carbocycles. The van der Waals surface area contributed by atoms with Crippen molar-refractivity contribution in [1.29, 1.82) is 0 Å². The minimum atomic E-state index is 0. The van der Waals surface area contributed by atoms with Crippen LogP contribution < -0.4 is 15.4 Å². The number of likely N-dealkylation sites (tertiary alicyclic amines) is 1. The van der Waals surface area contributed by atoms with Crippen molar-refractivity contribution in [2.75, 3.05) is 40.3 Å². The van der Waals surface area contributed by atoms with Gasteiger partial charge in [0.05, 0.1) is 13.2 Å². The van der Waals surface area contributed by atoms with Gasteiger partial charge in [-0.25, -0.2) is 0 Å². The van der Waals surface area contributed by atoms with E-state index in [9.17, 15) is 0 Å². The van der Waals surface area contributed by atoms with E-state index in [0.29, 0.717) is 12.0 Å². The van der Waals surface area contributed by atoms with Crippen LogP contribution in [0.4, 0.5) is 0 Å². The Balaban J connectivity index is 0.00000338. The molecule has 148 valence electrons. The van der Waals surface area contributed by atoms with Crippen LogP contribution in [0.15, 0.2) is 29.3 Å². The fourth-order valence-corrected chi connectivity index (χ4v) is 3.25. The molecule has 1 aliphatic rings. The van der Waals surface area contributed by atoms with E-state index in [0.717, 1.165) is 44.3 Å². The summed E-state index contributed by atoms with van der Waals surface area (Å²) in [5, 5.41) is 6.93. The predicted octanol–water partition coefficient (Wildman–Crippen LogP) is 3.66. The number of ether oxygens (including phenoxy) is 1. The van der Waals surface area contributed by atoms with Gasteiger partial charge in [-0.15, -0.1) is 24.0 Å². The molecular weight excluding hydrogens is 439 g/mol. The van der Waals surface area contributed by atoms with Gasteiger partial charge in [-0.3, -0.25) is 9.89 Å². The Kier molecular flexibility index (Phi) is 11.0. The SMILES string of the molecule is CN=C(NCCC(C)C)NCC(c1cccc(OC)c1)N1CCCC1.I. The van der Waals surface area contributed by atoms with Gasteiger partial charge in [-0.2, -0.15) is 0 Å². The molecule has 26 heavy (non-hydrogen) atoms. The second-order valence-electron chi connectivity index (χ2n) is 7.10. The molecule has 1 atom stereocenters. The lowest BCUT2D eigenvalue weighted by molar-refractivity contribution is 0.245. The van der Waals surface area contributed by atoms with Crippen molar-refractivity contribution in [3.05, 3.63) is 29.8 Å². The smallest absolute Gasteiger partial charge is 0.191 e. The molecule has 0 radical (unpaired) electrons. The van der Waals surface area contributed by atoms with Gasteiger partial charge in [0, 0.05) is 20.1 Å². The third kappa shape index (κ3) is 7.31. The van der Waals surface area contributed by atoms with Crippen LogP contribution in [0.5, 0.6) is 5.75 Å². The van der Waals surface area contributed by atoms with E-state index in [4.69, 9.17) is 4.74 Å². The van der Waals surface area contributed by atoms with E-state index in [1.807, 2.05) is 13.1 Å². The maximum atomic E-state index is 5.41. The van der Waals surface area contributed by atoms with E-state index in [1.54, 1.807) is 7.11 Å². The summed E-state index contributed by atoms with van der Waals surface area (Å²) >= 11 is 0. The van der Waals surface area contributed by atoms with Crippen LogP contribution in [0.25, 0.3) is 0 Å². The van der Waals surface area contributed by atoms with Crippen LogP contribution in [0.1, 0.15) is 44.7 Å². The molecule has 0 aliphatic carbocycles. The van der Waals surface area contributed by atoms with Crippen LogP contribution in [-0.2, 0) is 0 Å². The van der Waals surface area contributed by atoms with Gasteiger partial charge in [-0.1, -0.05) is 26.0 Å². The summed E-state index contributed by atoms with van der Waals surface area (Å²) in [7, 11) is 3.56. The number of halogens is 1. The predicted molar refractivity (Wildman–Crippen MR) is 121 cm³/mol. The zero-order valence-electron chi connectivity index (χ0n) is 16.6. The Labute approximate surface area is 176 Å². The molecule has 1 saturated heterocycles. The minimum Gasteiger partial charge on any atom is -0.497 e. The molecule has 1 fully saturated rings. The number of hydrogen-bond acceptors (Lipinski definition) is 3. The van der Waals surface area contributed by atoms with E-state index in [2.05, 4.69) is 52.6 Å². The van der Waals surface area contributed by atoms with E-state index >= 15 is 0 Å². The van der Waals surface area contributed by atoms with Gasteiger partial charge in [0.15, 0.2) is 5.96 Å². The maximum absolute atomic E-state index is 5.41. The lowest BCUT2D eigenvalue weighted by Crippen LogP contribution is -2.43. The third-order valence-corrected chi connectivity index (χ3v) is 4.76. The number of nitrogens with zero attached hydrogens (tertiary/aromatic N) is 2. The Hall–Kier alpha value is -1.02. The highest BCUT2D eigenvalue weighted by molar-refractivity contribution is 14.0. The average Bonchev–Trinajstić information content (AvgIpc) is 3.14. The van der Waals surface area contributed by atoms with Gasteiger partial charge < -0.3 is 15.4 Å². The first-order chi connectivity index (χ1) is 12.1. The van der Waals surface area contributed by atoms with Gasteiger partial charge in [0.2, 0.25) is 0 Å². The Morgan fingerprint density at radius 2 is 1.96 bits per heavy atom. The normalized spacial score (nSPS) is 16.3. The number of benzene rings is 1. The zero-order valence-corrected chi connectivity index (χ0v) is 19.0. The molecule has 2 N–H and O–H groups in total. The lowest BCUT2D eigenvalue weighted by Gasteiger charge is -2.29. The van der Waals surface area contributed by atoms with Crippen molar-refractivity contribution >= 4 is 29.9 Å². The molecule has 0 aromatic heterocycles. The van der Waals surface area contributed by atoms with Crippen LogP contribution in [0.3, 0.4) is 0 Å². The first-order valence-electron chi connectivity index (χ1n) is 9.46. The zero-order chi connectivity index (χ0) is 18.1. The quantitative estimate of drug-likeness (QED) is 0.343. The molecular formula is C20H35IN4O. The Bertz CT molecular complexity index is 544. The average molecular weight is 474 g/mol. The molecule has 0 amide bonds. The van der Waals surface area contributed by atoms with Crippen molar-refractivity contribution in [1.82, 2.24) is 15.5 Å². The second kappa shape index (κ2) is 12.4. The first-order valence-corrected chi connectivity index (χ1v) is 9.46. The molecule has 1 heterocycles. The summed E-state index contributed by atoms with van der Waals surface area (Å²) in [4.78, 5) is 6.92. The number of aliphatic imine (C=N–C) groups is 1. The molecule has 0 bridgehead atoms. The van der Waals surface area contributed by atoms with E-state index in [-0.39, 0.29) is 24.0 Å². The Morgan fingerprint density at radius 1 is 1.23 bits per heavy atom. The van der Waals surface area contributed by atoms with Gasteiger partial charge >= 0.3 is 0 Å². The van der Waals surface area contributed by atoms with Gasteiger partial charge in [-0.05, 0) is 56.0 Å². The largest absolute Gasteiger partial charge is 0.497 e. The summed E-state index contributed by atoms with van der Waals surface area (Å²) in [5.41, 5.74) is 1.30. The topological polar surface area (TPSA) is 48.9 Å². The van der Waals surface area contributed by atoms with E-state index in [1.165, 1.54) is 18.4 Å². The number of rotatable bonds is 8. The van der Waals surface area contributed by atoms with Crippen molar-refractivity contribution < 1.29 is 4.74 Å².